The molecule has 0 aromatic heterocycles. The van der Waals surface area contributed by atoms with Crippen LogP contribution in [0.1, 0.15) is 13.3 Å². The summed E-state index contributed by atoms with van der Waals surface area (Å²) in [5.74, 6) is 0.491. The highest BCUT2D eigenvalue weighted by Crippen LogP contribution is 2.17. The SMILES string of the molecule is CC(CCN)SCC(=O)Nc1cccc(Br)c1. The molecule has 1 amide bonds. The third-order valence-corrected chi connectivity index (χ3v) is 3.91. The fraction of sp³-hybridized carbons (Fsp3) is 0.417. The third kappa shape index (κ3) is 6.10. The monoisotopic (exact) mass is 316 g/mol. The van der Waals surface area contributed by atoms with Crippen LogP contribution in [0.25, 0.3) is 0 Å². The van der Waals surface area contributed by atoms with E-state index < -0.39 is 0 Å². The summed E-state index contributed by atoms with van der Waals surface area (Å²) < 4.78 is 0.958. The van der Waals surface area contributed by atoms with Crippen LogP contribution in [-0.2, 0) is 4.79 Å². The maximum Gasteiger partial charge on any atom is 0.234 e. The van der Waals surface area contributed by atoms with E-state index in [2.05, 4.69) is 28.2 Å². The van der Waals surface area contributed by atoms with Gasteiger partial charge in [0.05, 0.1) is 5.75 Å². The normalized spacial score (nSPS) is 12.2. The van der Waals surface area contributed by atoms with Crippen LogP contribution in [-0.4, -0.2) is 23.5 Å². The van der Waals surface area contributed by atoms with Gasteiger partial charge in [0.1, 0.15) is 0 Å². The van der Waals surface area contributed by atoms with Crippen molar-refractivity contribution in [1.29, 1.82) is 0 Å². The van der Waals surface area contributed by atoms with E-state index in [4.69, 9.17) is 5.73 Å². The van der Waals surface area contributed by atoms with Crippen molar-refractivity contribution in [3.8, 4) is 0 Å². The summed E-state index contributed by atoms with van der Waals surface area (Å²) >= 11 is 4.99. The topological polar surface area (TPSA) is 55.1 Å². The second-order valence-corrected chi connectivity index (χ2v) is 6.10. The van der Waals surface area contributed by atoms with Gasteiger partial charge in [-0.05, 0) is 31.2 Å². The molecule has 0 bridgehead atoms. The molecule has 0 aliphatic carbocycles. The Balaban J connectivity index is 2.34. The summed E-state index contributed by atoms with van der Waals surface area (Å²) in [5, 5.41) is 3.28. The molecule has 1 rings (SSSR count). The van der Waals surface area contributed by atoms with Gasteiger partial charge in [0, 0.05) is 15.4 Å². The number of amides is 1. The molecule has 0 radical (unpaired) electrons. The van der Waals surface area contributed by atoms with Crippen molar-refractivity contribution < 1.29 is 4.79 Å². The number of hydrogen-bond donors (Lipinski definition) is 2. The van der Waals surface area contributed by atoms with Crippen LogP contribution in [0.15, 0.2) is 28.7 Å². The predicted molar refractivity (Wildman–Crippen MR) is 78.4 cm³/mol. The molecule has 1 aromatic rings. The zero-order chi connectivity index (χ0) is 12.7. The number of carbonyl (C=O) groups is 1. The van der Waals surface area contributed by atoms with E-state index in [-0.39, 0.29) is 5.91 Å². The molecular weight excluding hydrogens is 300 g/mol. The average Bonchev–Trinajstić information content (AvgIpc) is 2.27. The lowest BCUT2D eigenvalue weighted by molar-refractivity contribution is -0.113. The van der Waals surface area contributed by atoms with Crippen LogP contribution in [0.5, 0.6) is 0 Å². The molecule has 0 heterocycles. The van der Waals surface area contributed by atoms with E-state index in [1.165, 1.54) is 0 Å². The average molecular weight is 317 g/mol. The summed E-state index contributed by atoms with van der Waals surface area (Å²) in [6.45, 7) is 2.76. The van der Waals surface area contributed by atoms with Crippen LogP contribution < -0.4 is 11.1 Å². The molecule has 17 heavy (non-hydrogen) atoms. The number of benzene rings is 1. The Morgan fingerprint density at radius 1 is 1.59 bits per heavy atom. The number of nitrogens with two attached hydrogens (primary N) is 1. The minimum atomic E-state index is 0.0250. The lowest BCUT2D eigenvalue weighted by atomic mass is 10.3. The van der Waals surface area contributed by atoms with E-state index in [9.17, 15) is 4.79 Å². The van der Waals surface area contributed by atoms with Crippen molar-refractivity contribution in [2.45, 2.75) is 18.6 Å². The molecular formula is C12H17BrN2OS. The fourth-order valence-electron chi connectivity index (χ4n) is 1.30. The molecule has 0 aliphatic heterocycles. The number of nitrogens with one attached hydrogen (secondary N) is 1. The zero-order valence-electron chi connectivity index (χ0n) is 9.78. The van der Waals surface area contributed by atoms with Gasteiger partial charge in [-0.3, -0.25) is 4.79 Å². The molecule has 0 saturated carbocycles. The van der Waals surface area contributed by atoms with Crippen molar-refractivity contribution in [3.63, 3.8) is 0 Å². The van der Waals surface area contributed by atoms with Crippen LogP contribution >= 0.6 is 27.7 Å². The summed E-state index contributed by atoms with van der Waals surface area (Å²) in [5.41, 5.74) is 6.27. The number of carbonyl (C=O) groups excluding carboxylic acids is 1. The Hall–Kier alpha value is -0.520. The lowest BCUT2D eigenvalue weighted by Gasteiger charge is -2.10. The van der Waals surface area contributed by atoms with Gasteiger partial charge in [-0.25, -0.2) is 0 Å². The molecule has 0 saturated heterocycles. The predicted octanol–water partition coefficient (Wildman–Crippen LogP) is 2.86. The first kappa shape index (κ1) is 14.5. The van der Waals surface area contributed by atoms with E-state index in [0.717, 1.165) is 16.6 Å². The molecule has 1 aromatic carbocycles. The molecule has 1 unspecified atom stereocenters. The molecule has 0 aliphatic rings. The molecule has 0 spiro atoms. The number of anilines is 1. The number of hydrogen-bond acceptors (Lipinski definition) is 3. The Morgan fingerprint density at radius 3 is 3.00 bits per heavy atom. The first-order valence-corrected chi connectivity index (χ1v) is 7.33. The lowest BCUT2D eigenvalue weighted by Crippen LogP contribution is -2.16. The van der Waals surface area contributed by atoms with Crippen molar-refractivity contribution in [1.82, 2.24) is 0 Å². The van der Waals surface area contributed by atoms with Crippen LogP contribution in [0, 0.1) is 0 Å². The van der Waals surface area contributed by atoms with Crippen LogP contribution in [0.3, 0.4) is 0 Å². The van der Waals surface area contributed by atoms with Gasteiger partial charge in [0.25, 0.3) is 0 Å². The van der Waals surface area contributed by atoms with Gasteiger partial charge >= 0.3 is 0 Å². The Morgan fingerprint density at radius 2 is 2.35 bits per heavy atom. The zero-order valence-corrected chi connectivity index (χ0v) is 12.2. The second kappa shape index (κ2) is 7.74. The Bertz CT molecular complexity index is 373. The number of thioether (sulfide) groups is 1. The highest BCUT2D eigenvalue weighted by molar-refractivity contribution is 9.10. The largest absolute Gasteiger partial charge is 0.330 e. The van der Waals surface area contributed by atoms with E-state index in [0.29, 0.717) is 17.5 Å². The first-order chi connectivity index (χ1) is 8.11. The smallest absolute Gasteiger partial charge is 0.234 e. The first-order valence-electron chi connectivity index (χ1n) is 5.49. The molecule has 1 atom stereocenters. The van der Waals surface area contributed by atoms with Gasteiger partial charge in [-0.1, -0.05) is 28.9 Å². The summed E-state index contributed by atoms with van der Waals surface area (Å²) in [4.78, 5) is 11.7. The quantitative estimate of drug-likeness (QED) is 0.848. The van der Waals surface area contributed by atoms with Crippen molar-refractivity contribution in [2.75, 3.05) is 17.6 Å². The second-order valence-electron chi connectivity index (χ2n) is 3.76. The van der Waals surface area contributed by atoms with Gasteiger partial charge in [0.15, 0.2) is 0 Å². The highest BCUT2D eigenvalue weighted by Gasteiger charge is 2.06. The Labute approximate surface area is 115 Å². The number of halogens is 1. The third-order valence-electron chi connectivity index (χ3n) is 2.18. The summed E-state index contributed by atoms with van der Waals surface area (Å²) in [7, 11) is 0. The molecule has 5 heteroatoms. The van der Waals surface area contributed by atoms with Crippen molar-refractivity contribution in [3.05, 3.63) is 28.7 Å². The van der Waals surface area contributed by atoms with Crippen molar-refractivity contribution in [2.24, 2.45) is 5.73 Å². The molecule has 3 N–H and O–H groups in total. The van der Waals surface area contributed by atoms with Gasteiger partial charge in [-0.2, -0.15) is 0 Å². The standard InChI is InChI=1S/C12H17BrN2OS/c1-9(5-6-14)17-8-12(16)15-11-4-2-3-10(13)7-11/h2-4,7,9H,5-6,8,14H2,1H3,(H,15,16). The minimum Gasteiger partial charge on any atom is -0.330 e. The summed E-state index contributed by atoms with van der Waals surface area (Å²) in [6.07, 6.45) is 0.939. The minimum absolute atomic E-state index is 0.0250. The highest BCUT2D eigenvalue weighted by atomic mass is 79.9. The van der Waals surface area contributed by atoms with Crippen LogP contribution in [0.4, 0.5) is 5.69 Å². The fourth-order valence-corrected chi connectivity index (χ4v) is 2.51. The van der Waals surface area contributed by atoms with Gasteiger partial charge in [0.2, 0.25) is 5.91 Å². The Kier molecular flexibility index (Phi) is 6.62. The molecule has 0 fully saturated rings. The molecule has 3 nitrogen and oxygen atoms in total. The van der Waals surface area contributed by atoms with E-state index >= 15 is 0 Å². The summed E-state index contributed by atoms with van der Waals surface area (Å²) in [6, 6.07) is 7.57. The van der Waals surface area contributed by atoms with Crippen molar-refractivity contribution >= 4 is 39.3 Å². The van der Waals surface area contributed by atoms with Gasteiger partial charge in [-0.15, -0.1) is 11.8 Å². The van der Waals surface area contributed by atoms with Gasteiger partial charge < -0.3 is 11.1 Å². The maximum absolute atomic E-state index is 11.7. The number of rotatable bonds is 6. The van der Waals surface area contributed by atoms with Crippen LogP contribution in [0.2, 0.25) is 0 Å². The van der Waals surface area contributed by atoms with E-state index in [1.807, 2.05) is 24.3 Å². The maximum atomic E-state index is 11.7. The molecule has 94 valence electrons. The van der Waals surface area contributed by atoms with E-state index in [1.54, 1.807) is 11.8 Å².